The molecule has 0 aliphatic carbocycles. The second kappa shape index (κ2) is 2.40. The normalized spacial score (nSPS) is 12.1. The van der Waals surface area contributed by atoms with Crippen LogP contribution in [0.5, 0.6) is 0 Å². The average Bonchev–Trinajstić information content (AvgIpc) is 2.08. The second-order valence-corrected chi connectivity index (χ2v) is 4.08. The van der Waals surface area contributed by atoms with Gasteiger partial charge in [-0.05, 0) is 30.9 Å². The van der Waals surface area contributed by atoms with E-state index in [0.29, 0.717) is 0 Å². The molecule has 0 radical (unpaired) electrons. The highest BCUT2D eigenvalue weighted by Gasteiger charge is 2.18. The summed E-state index contributed by atoms with van der Waals surface area (Å²) in [6.07, 6.45) is 0. The largest absolute Gasteiger partial charge is 0.466 e. The summed E-state index contributed by atoms with van der Waals surface area (Å²) in [6.45, 7) is 10.6. The summed E-state index contributed by atoms with van der Waals surface area (Å²) >= 11 is 0. The van der Waals surface area contributed by atoms with Crippen molar-refractivity contribution >= 4 is 0 Å². The maximum Gasteiger partial charge on any atom is 0.104 e. The Kier molecular flexibility index (Phi) is 1.83. The lowest BCUT2D eigenvalue weighted by atomic mass is 9.87. The Labute approximate surface area is 68.4 Å². The van der Waals surface area contributed by atoms with Crippen LogP contribution in [0.2, 0.25) is 0 Å². The van der Waals surface area contributed by atoms with Crippen LogP contribution in [0.4, 0.5) is 0 Å². The van der Waals surface area contributed by atoms with Crippen molar-refractivity contribution < 1.29 is 4.42 Å². The number of hydrogen-bond acceptors (Lipinski definition) is 1. The number of furan rings is 1. The Hall–Kier alpha value is -0.720. The molecule has 0 unspecified atom stereocenters. The van der Waals surface area contributed by atoms with Crippen LogP contribution < -0.4 is 0 Å². The molecule has 1 aromatic heterocycles. The smallest absolute Gasteiger partial charge is 0.104 e. The Morgan fingerprint density at radius 1 is 1.18 bits per heavy atom. The molecule has 0 atom stereocenters. The number of aryl methyl sites for hydroxylation is 2. The fourth-order valence-electron chi connectivity index (χ4n) is 1.38. The van der Waals surface area contributed by atoms with E-state index in [4.69, 9.17) is 4.42 Å². The summed E-state index contributed by atoms with van der Waals surface area (Å²) in [6, 6.07) is 2.12. The first-order valence-corrected chi connectivity index (χ1v) is 3.99. The van der Waals surface area contributed by atoms with Crippen LogP contribution in [-0.2, 0) is 5.41 Å². The van der Waals surface area contributed by atoms with Gasteiger partial charge in [0, 0.05) is 0 Å². The van der Waals surface area contributed by atoms with Crippen LogP contribution in [0.3, 0.4) is 0 Å². The molecule has 0 aliphatic heterocycles. The Morgan fingerprint density at radius 3 is 1.91 bits per heavy atom. The maximum atomic E-state index is 5.44. The van der Waals surface area contributed by atoms with Crippen LogP contribution in [0.1, 0.15) is 37.9 Å². The van der Waals surface area contributed by atoms with E-state index in [2.05, 4.69) is 26.8 Å². The van der Waals surface area contributed by atoms with E-state index in [1.807, 2.05) is 13.8 Å². The van der Waals surface area contributed by atoms with Gasteiger partial charge < -0.3 is 4.42 Å². The molecule has 0 bridgehead atoms. The van der Waals surface area contributed by atoms with Crippen molar-refractivity contribution in [1.82, 2.24) is 0 Å². The molecule has 0 aliphatic rings. The van der Waals surface area contributed by atoms with Crippen LogP contribution in [0, 0.1) is 13.8 Å². The Balaban J connectivity index is 3.13. The van der Waals surface area contributed by atoms with Gasteiger partial charge in [0.25, 0.3) is 0 Å². The minimum absolute atomic E-state index is 0.210. The lowest BCUT2D eigenvalue weighted by molar-refractivity contribution is 0.486. The van der Waals surface area contributed by atoms with Gasteiger partial charge in [-0.1, -0.05) is 20.8 Å². The van der Waals surface area contributed by atoms with Crippen molar-refractivity contribution in [2.75, 3.05) is 0 Å². The first kappa shape index (κ1) is 8.38. The van der Waals surface area contributed by atoms with Crippen LogP contribution in [0.15, 0.2) is 10.5 Å². The summed E-state index contributed by atoms with van der Waals surface area (Å²) in [5, 5.41) is 0. The number of hydrogen-bond donors (Lipinski definition) is 0. The summed E-state index contributed by atoms with van der Waals surface area (Å²) < 4.78 is 5.44. The van der Waals surface area contributed by atoms with Gasteiger partial charge in [0.2, 0.25) is 0 Å². The van der Waals surface area contributed by atoms with Crippen LogP contribution in [0.25, 0.3) is 0 Å². The van der Waals surface area contributed by atoms with Gasteiger partial charge >= 0.3 is 0 Å². The zero-order valence-corrected chi connectivity index (χ0v) is 7.99. The molecule has 1 rings (SSSR count). The van der Waals surface area contributed by atoms with E-state index in [9.17, 15) is 0 Å². The van der Waals surface area contributed by atoms with Gasteiger partial charge in [-0.25, -0.2) is 0 Å². The fraction of sp³-hybridized carbons (Fsp3) is 0.600. The third-order valence-electron chi connectivity index (χ3n) is 1.85. The quantitative estimate of drug-likeness (QED) is 0.556. The molecule has 1 nitrogen and oxygen atoms in total. The highest BCUT2D eigenvalue weighted by Crippen LogP contribution is 2.27. The third kappa shape index (κ3) is 1.65. The van der Waals surface area contributed by atoms with E-state index in [-0.39, 0.29) is 5.41 Å². The molecule has 0 spiro atoms. The van der Waals surface area contributed by atoms with Crippen molar-refractivity contribution in [3.63, 3.8) is 0 Å². The second-order valence-electron chi connectivity index (χ2n) is 4.08. The standard InChI is InChI=1S/C10H16O/c1-7-6-9(8(2)11-7)10(3,4)5/h6H,1-5H3. The summed E-state index contributed by atoms with van der Waals surface area (Å²) in [7, 11) is 0. The first-order chi connectivity index (χ1) is 4.91. The minimum atomic E-state index is 0.210. The topological polar surface area (TPSA) is 13.1 Å². The van der Waals surface area contributed by atoms with E-state index < -0.39 is 0 Å². The van der Waals surface area contributed by atoms with E-state index in [1.165, 1.54) is 5.56 Å². The van der Waals surface area contributed by atoms with Crippen molar-refractivity contribution in [3.8, 4) is 0 Å². The van der Waals surface area contributed by atoms with Gasteiger partial charge in [-0.2, -0.15) is 0 Å². The lowest BCUT2D eigenvalue weighted by Gasteiger charge is -2.16. The van der Waals surface area contributed by atoms with E-state index in [0.717, 1.165) is 11.5 Å². The van der Waals surface area contributed by atoms with Gasteiger partial charge in [0.1, 0.15) is 11.5 Å². The average molecular weight is 152 g/mol. The van der Waals surface area contributed by atoms with Gasteiger partial charge in [0.15, 0.2) is 0 Å². The molecule has 0 N–H and O–H groups in total. The van der Waals surface area contributed by atoms with Crippen molar-refractivity contribution in [3.05, 3.63) is 23.2 Å². The van der Waals surface area contributed by atoms with Crippen LogP contribution in [-0.4, -0.2) is 0 Å². The SMILES string of the molecule is Cc1cc(C(C)(C)C)c(C)o1. The van der Waals surface area contributed by atoms with E-state index in [1.54, 1.807) is 0 Å². The molecular weight excluding hydrogens is 136 g/mol. The molecule has 0 saturated heterocycles. The lowest BCUT2D eigenvalue weighted by Crippen LogP contribution is -2.10. The molecule has 1 aromatic rings. The van der Waals surface area contributed by atoms with Crippen molar-refractivity contribution in [1.29, 1.82) is 0 Å². The first-order valence-electron chi connectivity index (χ1n) is 3.99. The minimum Gasteiger partial charge on any atom is -0.466 e. The van der Waals surface area contributed by atoms with Crippen LogP contribution >= 0.6 is 0 Å². The molecule has 62 valence electrons. The molecule has 0 saturated carbocycles. The van der Waals surface area contributed by atoms with Gasteiger partial charge in [-0.3, -0.25) is 0 Å². The summed E-state index contributed by atoms with van der Waals surface area (Å²) in [5.74, 6) is 2.06. The van der Waals surface area contributed by atoms with Gasteiger partial charge in [-0.15, -0.1) is 0 Å². The fourth-order valence-corrected chi connectivity index (χ4v) is 1.38. The maximum absolute atomic E-state index is 5.44. The predicted octanol–water partition coefficient (Wildman–Crippen LogP) is 3.19. The van der Waals surface area contributed by atoms with Gasteiger partial charge in [0.05, 0.1) is 0 Å². The molecule has 0 aromatic carbocycles. The predicted molar refractivity (Wildman–Crippen MR) is 46.9 cm³/mol. The zero-order chi connectivity index (χ0) is 8.65. The molecule has 11 heavy (non-hydrogen) atoms. The Morgan fingerprint density at radius 2 is 1.73 bits per heavy atom. The highest BCUT2D eigenvalue weighted by atomic mass is 16.3. The van der Waals surface area contributed by atoms with Crippen molar-refractivity contribution in [2.24, 2.45) is 0 Å². The third-order valence-corrected chi connectivity index (χ3v) is 1.85. The molecule has 0 fully saturated rings. The van der Waals surface area contributed by atoms with E-state index >= 15 is 0 Å². The number of rotatable bonds is 0. The highest BCUT2D eigenvalue weighted by molar-refractivity contribution is 5.27. The molecule has 0 amide bonds. The summed E-state index contributed by atoms with van der Waals surface area (Å²) in [5.41, 5.74) is 1.52. The monoisotopic (exact) mass is 152 g/mol. The van der Waals surface area contributed by atoms with Crippen molar-refractivity contribution in [2.45, 2.75) is 40.0 Å². The molecule has 1 heteroatoms. The molecular formula is C10H16O. The zero-order valence-electron chi connectivity index (χ0n) is 7.99. The molecule has 1 heterocycles. The summed E-state index contributed by atoms with van der Waals surface area (Å²) in [4.78, 5) is 0. The Bertz CT molecular complexity index is 250.